The van der Waals surface area contributed by atoms with Crippen molar-refractivity contribution in [2.45, 2.75) is 12.2 Å². The standard InChI is InChI=1S/C6H8O/c1-3-5-6(4-2)7-5/h3-6H,1-2H2/t5-,6-/m0/s1. The zero-order valence-corrected chi connectivity index (χ0v) is 4.13. The minimum absolute atomic E-state index is 0.262. The maximum absolute atomic E-state index is 4.98. The highest BCUT2D eigenvalue weighted by atomic mass is 16.6. The van der Waals surface area contributed by atoms with Gasteiger partial charge in [0.2, 0.25) is 0 Å². The van der Waals surface area contributed by atoms with Gasteiger partial charge in [-0.3, -0.25) is 0 Å². The van der Waals surface area contributed by atoms with E-state index in [9.17, 15) is 0 Å². The molecule has 0 aromatic rings. The van der Waals surface area contributed by atoms with Crippen LogP contribution in [0.3, 0.4) is 0 Å². The highest BCUT2D eigenvalue weighted by molar-refractivity contribution is 5.06. The Bertz CT molecular complexity index is 84.4. The van der Waals surface area contributed by atoms with Crippen LogP contribution >= 0.6 is 0 Å². The summed E-state index contributed by atoms with van der Waals surface area (Å²) in [5, 5.41) is 0. The van der Waals surface area contributed by atoms with Crippen molar-refractivity contribution in [3.8, 4) is 0 Å². The van der Waals surface area contributed by atoms with Gasteiger partial charge in [-0.1, -0.05) is 12.2 Å². The Balaban J connectivity index is 2.30. The second-order valence-electron chi connectivity index (χ2n) is 1.54. The fourth-order valence-electron chi connectivity index (χ4n) is 0.515. The van der Waals surface area contributed by atoms with E-state index in [2.05, 4.69) is 13.2 Å². The van der Waals surface area contributed by atoms with E-state index >= 15 is 0 Å². The van der Waals surface area contributed by atoms with Gasteiger partial charge in [-0.25, -0.2) is 0 Å². The number of epoxide rings is 1. The summed E-state index contributed by atoms with van der Waals surface area (Å²) >= 11 is 0. The van der Waals surface area contributed by atoms with Crippen LogP contribution in [0.5, 0.6) is 0 Å². The lowest BCUT2D eigenvalue weighted by Crippen LogP contribution is -1.79. The molecule has 0 saturated carbocycles. The van der Waals surface area contributed by atoms with Gasteiger partial charge in [-0.2, -0.15) is 0 Å². The molecule has 2 atom stereocenters. The second kappa shape index (κ2) is 1.51. The first-order valence-electron chi connectivity index (χ1n) is 2.29. The van der Waals surface area contributed by atoms with Crippen molar-refractivity contribution in [3.63, 3.8) is 0 Å². The lowest BCUT2D eigenvalue weighted by atomic mass is 10.3. The van der Waals surface area contributed by atoms with Gasteiger partial charge in [-0.05, 0) is 0 Å². The van der Waals surface area contributed by atoms with Crippen LogP contribution in [0.15, 0.2) is 25.3 Å². The molecule has 0 amide bonds. The van der Waals surface area contributed by atoms with Crippen molar-refractivity contribution >= 4 is 0 Å². The van der Waals surface area contributed by atoms with Gasteiger partial charge in [0.25, 0.3) is 0 Å². The molecule has 1 rings (SSSR count). The van der Waals surface area contributed by atoms with Crippen molar-refractivity contribution in [2.75, 3.05) is 0 Å². The molecule has 0 radical (unpaired) electrons. The topological polar surface area (TPSA) is 12.5 Å². The van der Waals surface area contributed by atoms with Gasteiger partial charge >= 0.3 is 0 Å². The third-order valence-electron chi connectivity index (χ3n) is 1.03. The van der Waals surface area contributed by atoms with Crippen molar-refractivity contribution in [2.24, 2.45) is 0 Å². The Morgan fingerprint density at radius 2 is 1.57 bits per heavy atom. The molecule has 0 aromatic carbocycles. The summed E-state index contributed by atoms with van der Waals surface area (Å²) in [4.78, 5) is 0. The van der Waals surface area contributed by atoms with Crippen LogP contribution in [0.2, 0.25) is 0 Å². The van der Waals surface area contributed by atoms with Gasteiger partial charge in [-0.15, -0.1) is 13.2 Å². The maximum Gasteiger partial charge on any atom is 0.106 e. The summed E-state index contributed by atoms with van der Waals surface area (Å²) < 4.78 is 4.98. The molecule has 1 heteroatoms. The summed E-state index contributed by atoms with van der Waals surface area (Å²) in [6, 6.07) is 0. The van der Waals surface area contributed by atoms with E-state index in [1.165, 1.54) is 0 Å². The van der Waals surface area contributed by atoms with Crippen molar-refractivity contribution in [1.29, 1.82) is 0 Å². The number of ether oxygens (including phenoxy) is 1. The van der Waals surface area contributed by atoms with Gasteiger partial charge in [0.1, 0.15) is 12.2 Å². The monoisotopic (exact) mass is 96.1 g/mol. The molecular formula is C6H8O. The third kappa shape index (κ3) is 0.722. The Labute approximate surface area is 43.3 Å². The lowest BCUT2D eigenvalue weighted by molar-refractivity contribution is 0.414. The van der Waals surface area contributed by atoms with Gasteiger partial charge < -0.3 is 4.74 Å². The molecule has 0 aromatic heterocycles. The first kappa shape index (κ1) is 4.60. The SMILES string of the molecule is C=C[C@@H]1O[C@H]1C=C. The van der Waals surface area contributed by atoms with E-state index in [1.807, 2.05) is 0 Å². The van der Waals surface area contributed by atoms with Crippen LogP contribution in [-0.4, -0.2) is 12.2 Å². The Kier molecular flexibility index (Phi) is 0.988. The molecule has 1 aliphatic heterocycles. The number of hydrogen-bond donors (Lipinski definition) is 0. The number of hydrogen-bond acceptors (Lipinski definition) is 1. The fourth-order valence-corrected chi connectivity index (χ4v) is 0.515. The summed E-state index contributed by atoms with van der Waals surface area (Å²) in [6.07, 6.45) is 4.09. The first-order chi connectivity index (χ1) is 3.38. The van der Waals surface area contributed by atoms with Crippen LogP contribution in [-0.2, 0) is 4.74 Å². The van der Waals surface area contributed by atoms with Crippen LogP contribution < -0.4 is 0 Å². The minimum Gasteiger partial charge on any atom is -0.361 e. The van der Waals surface area contributed by atoms with Gasteiger partial charge in [0, 0.05) is 0 Å². The summed E-state index contributed by atoms with van der Waals surface area (Å²) in [7, 11) is 0. The van der Waals surface area contributed by atoms with E-state index in [0.29, 0.717) is 0 Å². The molecule has 38 valence electrons. The maximum atomic E-state index is 4.98. The molecule has 1 nitrogen and oxygen atoms in total. The normalized spacial score (nSPS) is 37.1. The van der Waals surface area contributed by atoms with E-state index in [4.69, 9.17) is 4.74 Å². The van der Waals surface area contributed by atoms with Gasteiger partial charge in [0.05, 0.1) is 0 Å². The molecule has 1 saturated heterocycles. The Hall–Kier alpha value is -0.560. The zero-order chi connectivity index (χ0) is 5.28. The lowest BCUT2D eigenvalue weighted by Gasteiger charge is -1.67. The molecule has 1 heterocycles. The predicted octanol–water partition coefficient (Wildman–Crippen LogP) is 1.13. The number of rotatable bonds is 2. The predicted molar refractivity (Wildman–Crippen MR) is 29.1 cm³/mol. The molecule has 0 spiro atoms. The van der Waals surface area contributed by atoms with E-state index in [-0.39, 0.29) is 12.2 Å². The molecule has 0 aliphatic carbocycles. The average molecular weight is 96.1 g/mol. The molecule has 0 bridgehead atoms. The largest absolute Gasteiger partial charge is 0.361 e. The highest BCUT2D eigenvalue weighted by Gasteiger charge is 2.32. The molecule has 0 unspecified atom stereocenters. The zero-order valence-electron chi connectivity index (χ0n) is 4.13. The van der Waals surface area contributed by atoms with Crippen LogP contribution in [0.1, 0.15) is 0 Å². The Morgan fingerprint density at radius 3 is 1.71 bits per heavy atom. The quantitative estimate of drug-likeness (QED) is 0.371. The molecule has 1 fully saturated rings. The van der Waals surface area contributed by atoms with Crippen LogP contribution in [0.25, 0.3) is 0 Å². The summed E-state index contributed by atoms with van der Waals surface area (Å²) in [5.41, 5.74) is 0. The third-order valence-corrected chi connectivity index (χ3v) is 1.03. The van der Waals surface area contributed by atoms with Crippen LogP contribution in [0, 0.1) is 0 Å². The Morgan fingerprint density at radius 1 is 1.14 bits per heavy atom. The van der Waals surface area contributed by atoms with Crippen molar-refractivity contribution < 1.29 is 4.74 Å². The highest BCUT2D eigenvalue weighted by Crippen LogP contribution is 2.22. The van der Waals surface area contributed by atoms with E-state index in [1.54, 1.807) is 12.2 Å². The summed E-state index contributed by atoms with van der Waals surface area (Å²) in [6.45, 7) is 7.10. The van der Waals surface area contributed by atoms with E-state index in [0.717, 1.165) is 0 Å². The van der Waals surface area contributed by atoms with Crippen molar-refractivity contribution in [3.05, 3.63) is 25.3 Å². The minimum atomic E-state index is 0.262. The average Bonchev–Trinajstić information content (AvgIpc) is 2.43. The molecule has 7 heavy (non-hydrogen) atoms. The fraction of sp³-hybridized carbons (Fsp3) is 0.333. The first-order valence-corrected chi connectivity index (χ1v) is 2.29. The molecule has 1 aliphatic rings. The van der Waals surface area contributed by atoms with Crippen molar-refractivity contribution in [1.82, 2.24) is 0 Å². The smallest absolute Gasteiger partial charge is 0.106 e. The van der Waals surface area contributed by atoms with Crippen LogP contribution in [0.4, 0.5) is 0 Å². The molecule has 0 N–H and O–H groups in total. The van der Waals surface area contributed by atoms with Gasteiger partial charge in [0.15, 0.2) is 0 Å². The second-order valence-corrected chi connectivity index (χ2v) is 1.54. The summed E-state index contributed by atoms with van der Waals surface area (Å²) in [5.74, 6) is 0. The molecular weight excluding hydrogens is 88.1 g/mol. The van der Waals surface area contributed by atoms with E-state index < -0.39 is 0 Å².